The average Bonchev–Trinajstić information content (AvgIpc) is 3.56. The molecule has 3 aromatic heterocycles. The number of nitrogens with one attached hydrogen (secondary N) is 1. The van der Waals surface area contributed by atoms with Gasteiger partial charge in [0.2, 0.25) is 0 Å². The number of fused-ring (bicyclic) bond motifs is 3. The maximum absolute atomic E-state index is 13.4. The Morgan fingerprint density at radius 3 is 2.37 bits per heavy atom. The van der Waals surface area contributed by atoms with Gasteiger partial charge in [-0.3, -0.25) is 9.69 Å². The van der Waals surface area contributed by atoms with Crippen molar-refractivity contribution in [3.05, 3.63) is 90.5 Å². The summed E-state index contributed by atoms with van der Waals surface area (Å²) < 4.78 is 30.0. The molecule has 0 unspecified atom stereocenters. The van der Waals surface area contributed by atoms with Crippen LogP contribution in [-0.2, 0) is 16.6 Å². The highest BCUT2D eigenvalue weighted by Crippen LogP contribution is 2.34. The second-order valence-corrected chi connectivity index (χ2v) is 11.4. The lowest BCUT2D eigenvalue weighted by Gasteiger charge is -2.33. The van der Waals surface area contributed by atoms with E-state index in [0.29, 0.717) is 22.4 Å². The van der Waals surface area contributed by atoms with Crippen molar-refractivity contribution < 1.29 is 13.2 Å². The molecule has 0 aliphatic carbocycles. The van der Waals surface area contributed by atoms with Crippen molar-refractivity contribution in [2.45, 2.75) is 30.3 Å². The van der Waals surface area contributed by atoms with Gasteiger partial charge in [0.05, 0.1) is 16.6 Å². The van der Waals surface area contributed by atoms with E-state index in [1.807, 2.05) is 10.6 Å². The van der Waals surface area contributed by atoms with E-state index in [9.17, 15) is 13.2 Å². The number of piperidine rings is 1. The lowest BCUT2D eigenvalue weighted by molar-refractivity contribution is 0.0941. The molecule has 0 spiro atoms. The van der Waals surface area contributed by atoms with Gasteiger partial charge in [-0.15, -0.1) is 0 Å². The van der Waals surface area contributed by atoms with E-state index in [0.717, 1.165) is 38.0 Å². The number of amides is 1. The molecule has 9 nitrogen and oxygen atoms in total. The molecule has 0 bridgehead atoms. The summed E-state index contributed by atoms with van der Waals surface area (Å²) in [5, 5.41) is 3.36. The Hall–Kier alpha value is -4.02. The van der Waals surface area contributed by atoms with Crippen LogP contribution >= 0.6 is 0 Å². The molecule has 0 saturated carbocycles. The van der Waals surface area contributed by atoms with E-state index in [4.69, 9.17) is 0 Å². The SMILES string of the molecule is CNC(=O)c1nc2cnc3c(ccn3S(=O)(=O)c3ccccc3)c2n1C1CCN(Cc2ccccc2)CC1. The van der Waals surface area contributed by atoms with E-state index >= 15 is 0 Å². The summed E-state index contributed by atoms with van der Waals surface area (Å²) in [6.45, 7) is 2.64. The van der Waals surface area contributed by atoms with Gasteiger partial charge in [0.15, 0.2) is 11.5 Å². The fourth-order valence-electron chi connectivity index (χ4n) is 5.35. The Morgan fingerprint density at radius 1 is 1.00 bits per heavy atom. The van der Waals surface area contributed by atoms with Crippen molar-refractivity contribution in [2.75, 3.05) is 20.1 Å². The van der Waals surface area contributed by atoms with Crippen LogP contribution in [0.2, 0.25) is 0 Å². The second-order valence-electron chi connectivity index (χ2n) is 9.54. The zero-order valence-electron chi connectivity index (χ0n) is 21.0. The van der Waals surface area contributed by atoms with Crippen molar-refractivity contribution in [2.24, 2.45) is 0 Å². The number of hydrogen-bond acceptors (Lipinski definition) is 6. The quantitative estimate of drug-likeness (QED) is 0.360. The number of aromatic nitrogens is 4. The molecule has 4 heterocycles. The molecular weight excluding hydrogens is 500 g/mol. The highest BCUT2D eigenvalue weighted by atomic mass is 32.2. The standard InChI is InChI=1S/C28H28N6O3S/c1-29-28(35)27-31-24-18-30-26-23(14-17-33(26)38(36,37)22-10-6-3-7-11-22)25(24)34(27)21-12-15-32(16-13-21)19-20-8-4-2-5-9-20/h2-11,14,17-18,21H,12-13,15-16,19H2,1H3,(H,29,35). The number of carbonyl (C=O) groups excluding carboxylic acids is 1. The Balaban J connectivity index is 1.41. The number of rotatable bonds is 6. The van der Waals surface area contributed by atoms with Gasteiger partial charge >= 0.3 is 0 Å². The molecule has 1 saturated heterocycles. The summed E-state index contributed by atoms with van der Waals surface area (Å²) in [6, 6.07) is 20.5. The van der Waals surface area contributed by atoms with E-state index in [1.165, 1.54) is 15.7 Å². The minimum atomic E-state index is -3.84. The summed E-state index contributed by atoms with van der Waals surface area (Å²) in [7, 11) is -2.25. The normalized spacial score (nSPS) is 15.3. The molecule has 2 aromatic carbocycles. The third-order valence-electron chi connectivity index (χ3n) is 7.23. The number of imidazole rings is 1. The zero-order valence-corrected chi connectivity index (χ0v) is 21.8. The van der Waals surface area contributed by atoms with Gasteiger partial charge in [0.1, 0.15) is 5.52 Å². The van der Waals surface area contributed by atoms with Crippen molar-refractivity contribution in [3.8, 4) is 0 Å². The van der Waals surface area contributed by atoms with E-state index in [1.54, 1.807) is 49.6 Å². The maximum Gasteiger partial charge on any atom is 0.287 e. The number of pyridine rings is 1. The average molecular weight is 529 g/mol. The molecular formula is C28H28N6O3S. The van der Waals surface area contributed by atoms with Crippen LogP contribution in [0.5, 0.6) is 0 Å². The van der Waals surface area contributed by atoms with Crippen molar-refractivity contribution in [1.82, 2.24) is 28.7 Å². The molecule has 1 N–H and O–H groups in total. The van der Waals surface area contributed by atoms with Crippen LogP contribution in [-0.4, -0.2) is 57.9 Å². The Morgan fingerprint density at radius 2 is 1.68 bits per heavy atom. The molecule has 1 aliphatic heterocycles. The predicted octanol–water partition coefficient (Wildman–Crippen LogP) is 3.82. The summed E-state index contributed by atoms with van der Waals surface area (Å²) in [5.41, 5.74) is 2.89. The summed E-state index contributed by atoms with van der Waals surface area (Å²) in [5.74, 6) is 0.0365. The third-order valence-corrected chi connectivity index (χ3v) is 8.91. The van der Waals surface area contributed by atoms with E-state index in [-0.39, 0.29) is 16.8 Å². The second kappa shape index (κ2) is 9.70. The molecule has 0 radical (unpaired) electrons. The first-order valence-electron chi connectivity index (χ1n) is 12.6. The molecule has 10 heteroatoms. The van der Waals surface area contributed by atoms with Gasteiger partial charge in [0.25, 0.3) is 15.9 Å². The molecule has 38 heavy (non-hydrogen) atoms. The molecule has 1 amide bonds. The summed E-state index contributed by atoms with van der Waals surface area (Å²) in [4.78, 5) is 24.6. The Bertz CT molecular complexity index is 1720. The van der Waals surface area contributed by atoms with Crippen molar-refractivity contribution >= 4 is 38.0 Å². The topological polar surface area (TPSA) is 102 Å². The smallest absolute Gasteiger partial charge is 0.287 e. The number of benzene rings is 2. The van der Waals surface area contributed by atoms with Crippen LogP contribution in [0.15, 0.2) is 84.0 Å². The molecule has 1 fully saturated rings. The first-order chi connectivity index (χ1) is 18.5. The molecule has 5 aromatic rings. The van der Waals surface area contributed by atoms with Gasteiger partial charge in [-0.25, -0.2) is 22.4 Å². The zero-order chi connectivity index (χ0) is 26.3. The van der Waals surface area contributed by atoms with Gasteiger partial charge in [-0.1, -0.05) is 48.5 Å². The fourth-order valence-corrected chi connectivity index (χ4v) is 6.67. The largest absolute Gasteiger partial charge is 0.352 e. The van der Waals surface area contributed by atoms with Crippen molar-refractivity contribution in [1.29, 1.82) is 0 Å². The van der Waals surface area contributed by atoms with Gasteiger partial charge in [-0.05, 0) is 36.6 Å². The minimum absolute atomic E-state index is 0.0407. The third kappa shape index (κ3) is 4.15. The Labute approximate surface area is 220 Å². The lowest BCUT2D eigenvalue weighted by Crippen LogP contribution is -2.35. The van der Waals surface area contributed by atoms with Gasteiger partial charge in [-0.2, -0.15) is 0 Å². The molecule has 0 atom stereocenters. The molecule has 6 rings (SSSR count). The van der Waals surface area contributed by atoms with Crippen molar-refractivity contribution in [3.63, 3.8) is 0 Å². The minimum Gasteiger partial charge on any atom is -0.352 e. The highest BCUT2D eigenvalue weighted by molar-refractivity contribution is 7.90. The fraction of sp³-hybridized carbons (Fsp3) is 0.250. The number of hydrogen-bond donors (Lipinski definition) is 1. The molecule has 194 valence electrons. The highest BCUT2D eigenvalue weighted by Gasteiger charge is 2.29. The van der Waals surface area contributed by atoms with Gasteiger partial charge in [0, 0.05) is 44.3 Å². The van der Waals surface area contributed by atoms with Crippen LogP contribution in [0.4, 0.5) is 0 Å². The number of likely N-dealkylation sites (tertiary alicyclic amines) is 1. The van der Waals surface area contributed by atoms with Crippen LogP contribution in [0, 0.1) is 0 Å². The van der Waals surface area contributed by atoms with E-state index < -0.39 is 10.0 Å². The van der Waals surface area contributed by atoms with Crippen LogP contribution in [0.1, 0.15) is 35.1 Å². The summed E-state index contributed by atoms with van der Waals surface area (Å²) in [6.07, 6.45) is 4.77. The maximum atomic E-state index is 13.4. The monoisotopic (exact) mass is 528 g/mol. The number of carbonyl (C=O) groups is 1. The van der Waals surface area contributed by atoms with Crippen LogP contribution in [0.3, 0.4) is 0 Å². The lowest BCUT2D eigenvalue weighted by atomic mass is 10.0. The Kier molecular flexibility index (Phi) is 6.21. The first kappa shape index (κ1) is 24.3. The van der Waals surface area contributed by atoms with Gasteiger partial charge < -0.3 is 9.88 Å². The van der Waals surface area contributed by atoms with E-state index in [2.05, 4.69) is 44.5 Å². The summed E-state index contributed by atoms with van der Waals surface area (Å²) >= 11 is 0. The van der Waals surface area contributed by atoms with Crippen LogP contribution in [0.25, 0.3) is 22.1 Å². The first-order valence-corrected chi connectivity index (χ1v) is 14.1. The number of nitrogens with zero attached hydrogens (tertiary/aromatic N) is 5. The molecule has 1 aliphatic rings. The predicted molar refractivity (Wildman–Crippen MR) is 145 cm³/mol. The van der Waals surface area contributed by atoms with Crippen LogP contribution < -0.4 is 5.32 Å².